The van der Waals surface area contributed by atoms with Gasteiger partial charge in [-0.25, -0.2) is 0 Å². The lowest BCUT2D eigenvalue weighted by atomic mass is 9.87. The van der Waals surface area contributed by atoms with Crippen LogP contribution in [-0.2, 0) is 14.7 Å². The third kappa shape index (κ3) is 4.82. The number of amides is 1. The average molecular weight is 444 g/mol. The van der Waals surface area contributed by atoms with Gasteiger partial charge in [0.25, 0.3) is 5.91 Å². The molecule has 6 nitrogen and oxygen atoms in total. The first kappa shape index (κ1) is 22.2. The zero-order valence-corrected chi connectivity index (χ0v) is 18.7. The molecule has 0 bridgehead atoms. The second-order valence-electron chi connectivity index (χ2n) is 6.88. The van der Waals surface area contributed by atoms with Gasteiger partial charge in [-0.3, -0.25) is 13.9 Å². The summed E-state index contributed by atoms with van der Waals surface area (Å²) in [5.41, 5.74) is 8.24. The molecule has 8 heteroatoms. The van der Waals surface area contributed by atoms with Crippen LogP contribution in [0.5, 0.6) is 0 Å². The molecule has 2 aromatic carbocycles. The number of nitrogen functional groups attached to an aromatic ring is 1. The third-order valence-electron chi connectivity index (χ3n) is 5.18. The van der Waals surface area contributed by atoms with Gasteiger partial charge in [-0.2, -0.15) is 0 Å². The molecule has 0 saturated carbocycles. The zero-order chi connectivity index (χ0) is 21.7. The molecule has 3 aromatic rings. The van der Waals surface area contributed by atoms with E-state index < -0.39 is 13.9 Å². The van der Waals surface area contributed by atoms with Crippen LogP contribution in [0.4, 0.5) is 11.4 Å². The number of anilines is 2. The molecule has 0 aliphatic carbocycles. The molecule has 3 rings (SSSR count). The van der Waals surface area contributed by atoms with Crippen molar-refractivity contribution >= 4 is 36.9 Å². The highest BCUT2D eigenvalue weighted by molar-refractivity contribution is 7.32. The number of nitrogens with one attached hydrogen (secondary N) is 1. The zero-order valence-electron chi connectivity index (χ0n) is 16.8. The van der Waals surface area contributed by atoms with Crippen molar-refractivity contribution in [2.45, 2.75) is 32.3 Å². The van der Waals surface area contributed by atoms with Gasteiger partial charge in [0.2, 0.25) is 0 Å². The normalized spacial score (nSPS) is 12.5. The molecule has 0 saturated heterocycles. The number of hydrogen-bond donors (Lipinski definition) is 3. The van der Waals surface area contributed by atoms with Crippen molar-refractivity contribution in [1.29, 1.82) is 0 Å². The maximum atomic E-state index is 12.9. The fourth-order valence-electron chi connectivity index (χ4n) is 3.43. The van der Waals surface area contributed by atoms with Gasteiger partial charge in [0, 0.05) is 10.4 Å². The van der Waals surface area contributed by atoms with E-state index in [1.165, 1.54) is 0 Å². The molecule has 0 spiro atoms. The van der Waals surface area contributed by atoms with Gasteiger partial charge in [0.15, 0.2) is 0 Å². The Balaban J connectivity index is 1.89. The standard InChI is InChI=1S/C22H25N2O4PS/c1-3-22(4-2,28-29(26)27)17-8-5-7-16(13-17)21(25)24-19-14-15(10-11-18(19)23)20-9-6-12-30-20/h5-14,29H,3-4,23H2,1-2H3,(H,24,25)(H,26,27). The van der Waals surface area contributed by atoms with Crippen LogP contribution in [0.2, 0.25) is 0 Å². The van der Waals surface area contributed by atoms with E-state index in [1.54, 1.807) is 41.7 Å². The summed E-state index contributed by atoms with van der Waals surface area (Å²) in [6, 6.07) is 16.5. The average Bonchev–Trinajstić information content (AvgIpc) is 3.28. The van der Waals surface area contributed by atoms with Gasteiger partial charge in [-0.05, 0) is 59.7 Å². The molecule has 1 unspecified atom stereocenters. The first-order chi connectivity index (χ1) is 14.4. The summed E-state index contributed by atoms with van der Waals surface area (Å²) < 4.78 is 16.8. The molecule has 1 atom stereocenters. The lowest BCUT2D eigenvalue weighted by Gasteiger charge is -2.31. The van der Waals surface area contributed by atoms with E-state index in [4.69, 9.17) is 10.3 Å². The molecule has 158 valence electrons. The Labute approximate surface area is 180 Å². The van der Waals surface area contributed by atoms with Crippen LogP contribution in [0.25, 0.3) is 10.4 Å². The Morgan fingerprint density at radius 3 is 2.57 bits per heavy atom. The van der Waals surface area contributed by atoms with Gasteiger partial charge in [0.1, 0.15) is 5.60 Å². The number of benzene rings is 2. The summed E-state index contributed by atoms with van der Waals surface area (Å²) >= 11 is 1.61. The number of thiophene rings is 1. The summed E-state index contributed by atoms with van der Waals surface area (Å²) in [6.07, 6.45) is 1.00. The molecule has 0 aliphatic rings. The van der Waals surface area contributed by atoms with Gasteiger partial charge in [-0.1, -0.05) is 38.1 Å². The SMILES string of the molecule is CCC(CC)(O[PH](=O)O)c1cccc(C(=O)Nc2cc(-c3cccs3)ccc2N)c1. The van der Waals surface area contributed by atoms with Crippen molar-refractivity contribution in [3.05, 3.63) is 71.1 Å². The van der Waals surface area contributed by atoms with Crippen LogP contribution in [0, 0.1) is 0 Å². The van der Waals surface area contributed by atoms with Crippen molar-refractivity contribution < 1.29 is 18.8 Å². The fraction of sp³-hybridized carbons (Fsp3) is 0.227. The molecular formula is C22H25N2O4PS. The number of rotatable bonds is 8. The molecule has 4 N–H and O–H groups in total. The molecule has 1 heterocycles. The fourth-order valence-corrected chi connectivity index (χ4v) is 4.89. The van der Waals surface area contributed by atoms with Crippen molar-refractivity contribution in [3.63, 3.8) is 0 Å². The highest BCUT2D eigenvalue weighted by Gasteiger charge is 2.32. The van der Waals surface area contributed by atoms with E-state index in [0.29, 0.717) is 35.3 Å². The summed E-state index contributed by atoms with van der Waals surface area (Å²) in [4.78, 5) is 23.4. The monoisotopic (exact) mass is 444 g/mol. The number of carbonyl (C=O) groups is 1. The van der Waals surface area contributed by atoms with Crippen LogP contribution in [0.15, 0.2) is 60.0 Å². The molecule has 0 fully saturated rings. The van der Waals surface area contributed by atoms with Crippen molar-refractivity contribution in [3.8, 4) is 10.4 Å². The van der Waals surface area contributed by atoms with Crippen LogP contribution in [-0.4, -0.2) is 10.8 Å². The van der Waals surface area contributed by atoms with Crippen LogP contribution in [0.3, 0.4) is 0 Å². The minimum Gasteiger partial charge on any atom is -0.397 e. The second kappa shape index (κ2) is 9.58. The Morgan fingerprint density at radius 1 is 1.17 bits per heavy atom. The maximum absolute atomic E-state index is 12.9. The number of carbonyl (C=O) groups excluding carboxylic acids is 1. The van der Waals surface area contributed by atoms with Crippen LogP contribution >= 0.6 is 19.6 Å². The highest BCUT2D eigenvalue weighted by atomic mass is 32.1. The quantitative estimate of drug-likeness (QED) is 0.307. The van der Waals surface area contributed by atoms with Gasteiger partial charge in [0.05, 0.1) is 11.4 Å². The molecule has 1 aromatic heterocycles. The van der Waals surface area contributed by atoms with Crippen LogP contribution < -0.4 is 11.1 Å². The topological polar surface area (TPSA) is 102 Å². The number of hydrogen-bond acceptors (Lipinski definition) is 5. The molecule has 0 radical (unpaired) electrons. The minimum absolute atomic E-state index is 0.315. The minimum atomic E-state index is -3.14. The van der Waals surface area contributed by atoms with Crippen LogP contribution in [0.1, 0.15) is 42.6 Å². The second-order valence-corrected chi connectivity index (χ2v) is 8.57. The first-order valence-electron chi connectivity index (χ1n) is 9.65. The van der Waals surface area contributed by atoms with E-state index in [1.807, 2.05) is 43.5 Å². The maximum Gasteiger partial charge on any atom is 0.317 e. The van der Waals surface area contributed by atoms with E-state index >= 15 is 0 Å². The predicted octanol–water partition coefficient (Wildman–Crippen LogP) is 5.66. The Hall–Kier alpha value is -2.44. The lowest BCUT2D eigenvalue weighted by molar-refractivity contribution is 0.0535. The van der Waals surface area contributed by atoms with E-state index in [9.17, 15) is 14.3 Å². The van der Waals surface area contributed by atoms with Gasteiger partial charge in [-0.15, -0.1) is 11.3 Å². The lowest BCUT2D eigenvalue weighted by Crippen LogP contribution is -2.26. The van der Waals surface area contributed by atoms with Crippen molar-refractivity contribution in [2.24, 2.45) is 0 Å². The summed E-state index contributed by atoms with van der Waals surface area (Å²) in [5.74, 6) is -0.315. The summed E-state index contributed by atoms with van der Waals surface area (Å²) in [7, 11) is -3.14. The van der Waals surface area contributed by atoms with Crippen molar-refractivity contribution in [1.82, 2.24) is 0 Å². The number of nitrogens with two attached hydrogens (primary N) is 1. The molecule has 0 aliphatic heterocycles. The van der Waals surface area contributed by atoms with Gasteiger partial charge >= 0.3 is 8.25 Å². The van der Waals surface area contributed by atoms with Crippen molar-refractivity contribution in [2.75, 3.05) is 11.1 Å². The Kier molecular flexibility index (Phi) is 7.10. The van der Waals surface area contributed by atoms with E-state index in [2.05, 4.69) is 5.32 Å². The van der Waals surface area contributed by atoms with E-state index in [-0.39, 0.29) is 5.91 Å². The highest BCUT2D eigenvalue weighted by Crippen LogP contribution is 2.40. The molecule has 1 amide bonds. The Morgan fingerprint density at radius 2 is 1.93 bits per heavy atom. The smallest absolute Gasteiger partial charge is 0.317 e. The Bertz CT molecular complexity index is 1050. The summed E-state index contributed by atoms with van der Waals surface area (Å²) in [6.45, 7) is 3.77. The third-order valence-corrected chi connectivity index (χ3v) is 6.67. The summed E-state index contributed by atoms with van der Waals surface area (Å²) in [5, 5.41) is 4.87. The van der Waals surface area contributed by atoms with E-state index in [0.717, 1.165) is 10.4 Å². The van der Waals surface area contributed by atoms with Gasteiger partial charge < -0.3 is 15.9 Å². The largest absolute Gasteiger partial charge is 0.397 e. The molecular weight excluding hydrogens is 419 g/mol. The molecule has 30 heavy (non-hydrogen) atoms. The predicted molar refractivity (Wildman–Crippen MR) is 123 cm³/mol. The first-order valence-corrected chi connectivity index (χ1v) is 11.8.